The lowest BCUT2D eigenvalue weighted by Gasteiger charge is -2.40. The van der Waals surface area contributed by atoms with Crippen LogP contribution in [-0.2, 0) is 14.3 Å². The summed E-state index contributed by atoms with van der Waals surface area (Å²) in [6.45, 7) is 1.92. The van der Waals surface area contributed by atoms with Gasteiger partial charge in [0.1, 0.15) is 5.92 Å². The largest absolute Gasteiger partial charge is 0.393 e. The quantitative estimate of drug-likeness (QED) is 0.360. The Morgan fingerprint density at radius 1 is 0.829 bits per heavy atom. The van der Waals surface area contributed by atoms with Gasteiger partial charge in [0, 0.05) is 16.1 Å². The normalized spacial score (nSPS) is 24.2. The number of aryl methyl sites for hydroxylation is 1. The number of hydrogen-bond donors (Lipinski definition) is 0. The number of ketones is 2. The lowest BCUT2D eigenvalue weighted by atomic mass is 9.76. The van der Waals surface area contributed by atoms with Crippen molar-refractivity contribution in [3.8, 4) is 0 Å². The topological polar surface area (TPSA) is 80.8 Å². The maximum Gasteiger partial charge on any atom is 0.320 e. The van der Waals surface area contributed by atoms with Gasteiger partial charge in [-0.1, -0.05) is 77.3 Å². The highest BCUT2D eigenvalue weighted by molar-refractivity contribution is 6.39. The fourth-order valence-corrected chi connectivity index (χ4v) is 6.31. The van der Waals surface area contributed by atoms with Crippen LogP contribution in [0, 0.1) is 18.8 Å². The van der Waals surface area contributed by atoms with Crippen molar-refractivity contribution in [1.82, 2.24) is 0 Å². The van der Waals surface area contributed by atoms with E-state index >= 15 is 0 Å². The molecule has 8 heteroatoms. The smallest absolute Gasteiger partial charge is 0.320 e. The monoisotopic (exact) mass is 505 g/mol. The molecule has 2 aliphatic heterocycles. The first-order valence-corrected chi connectivity index (χ1v) is 11.8. The van der Waals surface area contributed by atoms with Crippen molar-refractivity contribution in [3.05, 3.63) is 99.0 Å². The van der Waals surface area contributed by atoms with Crippen LogP contribution in [0.4, 0.5) is 5.69 Å². The zero-order valence-corrected chi connectivity index (χ0v) is 19.8. The third-order valence-corrected chi connectivity index (χ3v) is 7.77. The number of anilines is 1. The SMILES string of the molecule is Cc1ccc([C@@H]2[C@H]3C(=O)OC(=O)[C@H]3C3(C(=O)c4ccccc4C3=O)N2c2ccc(Cl)cc2Cl)cc1. The van der Waals surface area contributed by atoms with Crippen LogP contribution in [0.1, 0.15) is 37.9 Å². The number of Topliss-reactive ketones (excluding diaryl/α,β-unsaturated/α-hetero) is 2. The molecule has 0 unspecified atom stereocenters. The molecule has 6 rings (SSSR count). The van der Waals surface area contributed by atoms with E-state index in [2.05, 4.69) is 0 Å². The summed E-state index contributed by atoms with van der Waals surface area (Å²) in [6, 6.07) is 17.6. The number of rotatable bonds is 2. The van der Waals surface area contributed by atoms with Crippen LogP contribution in [0.5, 0.6) is 0 Å². The molecular formula is C27H17Cl2NO5. The van der Waals surface area contributed by atoms with E-state index in [1.807, 2.05) is 31.2 Å². The molecular weight excluding hydrogens is 489 g/mol. The first-order chi connectivity index (χ1) is 16.8. The van der Waals surface area contributed by atoms with Crippen LogP contribution >= 0.6 is 23.2 Å². The van der Waals surface area contributed by atoms with Gasteiger partial charge in [0.15, 0.2) is 17.1 Å². The highest BCUT2D eigenvalue weighted by Gasteiger charge is 2.76. The number of nitrogens with zero attached hydrogens (tertiary/aromatic N) is 1. The van der Waals surface area contributed by atoms with Gasteiger partial charge in [0.25, 0.3) is 0 Å². The third kappa shape index (κ3) is 2.78. The van der Waals surface area contributed by atoms with Crippen LogP contribution < -0.4 is 4.90 Å². The predicted molar refractivity (Wildman–Crippen MR) is 129 cm³/mol. The fourth-order valence-electron chi connectivity index (χ4n) is 5.82. The molecule has 1 spiro atoms. The first-order valence-electron chi connectivity index (χ1n) is 11.0. The summed E-state index contributed by atoms with van der Waals surface area (Å²) in [4.78, 5) is 56.2. The molecule has 0 aromatic heterocycles. The second kappa shape index (κ2) is 7.51. The van der Waals surface area contributed by atoms with Gasteiger partial charge in [-0.2, -0.15) is 0 Å². The van der Waals surface area contributed by atoms with E-state index in [1.165, 1.54) is 6.07 Å². The van der Waals surface area contributed by atoms with Crippen molar-refractivity contribution in [2.75, 3.05) is 4.90 Å². The molecule has 6 nitrogen and oxygen atoms in total. The molecule has 35 heavy (non-hydrogen) atoms. The number of esters is 2. The molecule has 2 fully saturated rings. The molecule has 0 radical (unpaired) electrons. The minimum absolute atomic E-state index is 0.186. The zero-order valence-electron chi connectivity index (χ0n) is 18.3. The van der Waals surface area contributed by atoms with Gasteiger partial charge in [-0.05, 0) is 30.7 Å². The van der Waals surface area contributed by atoms with Gasteiger partial charge >= 0.3 is 11.9 Å². The van der Waals surface area contributed by atoms with E-state index in [9.17, 15) is 19.2 Å². The Hall–Kier alpha value is -3.48. The molecule has 2 saturated heterocycles. The fraction of sp³-hybridized carbons (Fsp3) is 0.185. The number of hydrogen-bond acceptors (Lipinski definition) is 6. The van der Waals surface area contributed by atoms with E-state index in [-0.39, 0.29) is 16.1 Å². The van der Waals surface area contributed by atoms with Gasteiger partial charge in [0.2, 0.25) is 0 Å². The average molecular weight is 506 g/mol. The van der Waals surface area contributed by atoms with Crippen molar-refractivity contribution < 1.29 is 23.9 Å². The van der Waals surface area contributed by atoms with Crippen molar-refractivity contribution in [2.24, 2.45) is 11.8 Å². The van der Waals surface area contributed by atoms with E-state index in [1.54, 1.807) is 41.3 Å². The van der Waals surface area contributed by atoms with Crippen LogP contribution in [-0.4, -0.2) is 29.0 Å². The maximum absolute atomic E-state index is 14.2. The summed E-state index contributed by atoms with van der Waals surface area (Å²) < 4.78 is 5.06. The molecule has 3 aliphatic rings. The Morgan fingerprint density at radius 2 is 1.46 bits per heavy atom. The van der Waals surface area contributed by atoms with Gasteiger partial charge in [-0.25, -0.2) is 0 Å². The van der Waals surface area contributed by atoms with Crippen LogP contribution in [0.15, 0.2) is 66.7 Å². The van der Waals surface area contributed by atoms with Crippen LogP contribution in [0.3, 0.4) is 0 Å². The lowest BCUT2D eigenvalue weighted by Crippen LogP contribution is -2.59. The van der Waals surface area contributed by atoms with Crippen molar-refractivity contribution in [2.45, 2.75) is 18.5 Å². The van der Waals surface area contributed by atoms with Crippen molar-refractivity contribution in [1.29, 1.82) is 0 Å². The molecule has 0 N–H and O–H groups in total. The Labute approximate surface area is 210 Å². The highest BCUT2D eigenvalue weighted by atomic mass is 35.5. The number of benzene rings is 3. The molecule has 1 aliphatic carbocycles. The Bertz CT molecular complexity index is 1430. The summed E-state index contributed by atoms with van der Waals surface area (Å²) >= 11 is 12.8. The Balaban J connectivity index is 1.70. The van der Waals surface area contributed by atoms with E-state index in [0.29, 0.717) is 16.3 Å². The molecule has 3 aromatic carbocycles. The molecule has 3 aromatic rings. The number of carbonyl (C=O) groups excluding carboxylic acids is 4. The van der Waals surface area contributed by atoms with Crippen LogP contribution in [0.25, 0.3) is 0 Å². The summed E-state index contributed by atoms with van der Waals surface area (Å²) in [5.41, 5.74) is 0.332. The second-order valence-corrected chi connectivity index (χ2v) is 9.88. The minimum Gasteiger partial charge on any atom is -0.393 e. The van der Waals surface area contributed by atoms with Gasteiger partial charge in [-0.3, -0.25) is 19.2 Å². The minimum atomic E-state index is -2.02. The molecule has 3 atom stereocenters. The van der Waals surface area contributed by atoms with E-state index < -0.39 is 46.9 Å². The van der Waals surface area contributed by atoms with Gasteiger partial charge in [-0.15, -0.1) is 0 Å². The molecule has 2 heterocycles. The maximum atomic E-state index is 14.2. The zero-order chi connectivity index (χ0) is 24.6. The number of ether oxygens (including phenoxy) is 1. The van der Waals surface area contributed by atoms with E-state index in [0.717, 1.165) is 5.56 Å². The third-order valence-electron chi connectivity index (χ3n) is 7.23. The summed E-state index contributed by atoms with van der Waals surface area (Å²) in [6.07, 6.45) is 0. The number of cyclic esters (lactones) is 2. The molecule has 174 valence electrons. The summed E-state index contributed by atoms with van der Waals surface area (Å²) in [5.74, 6) is -5.19. The number of halogens is 2. The van der Waals surface area contributed by atoms with Gasteiger partial charge < -0.3 is 9.64 Å². The molecule has 0 amide bonds. The van der Waals surface area contributed by atoms with Crippen molar-refractivity contribution >= 4 is 52.4 Å². The summed E-state index contributed by atoms with van der Waals surface area (Å²) in [7, 11) is 0. The van der Waals surface area contributed by atoms with E-state index in [4.69, 9.17) is 27.9 Å². The van der Waals surface area contributed by atoms with Crippen molar-refractivity contribution in [3.63, 3.8) is 0 Å². The van der Waals surface area contributed by atoms with Crippen LogP contribution in [0.2, 0.25) is 10.0 Å². The number of fused-ring (bicyclic) bond motifs is 3. The Morgan fingerprint density at radius 3 is 2.06 bits per heavy atom. The average Bonchev–Trinajstić information content (AvgIpc) is 3.39. The van der Waals surface area contributed by atoms with Gasteiger partial charge in [0.05, 0.1) is 22.7 Å². The standard InChI is InChI=1S/C27H17Cl2NO5/c1-13-6-8-14(9-7-13)22-20-21(26(34)35-25(20)33)27(30(22)19-11-10-15(28)12-18(19)29)23(31)16-4-2-3-5-17(16)24(27)32/h2-12,20-22H,1H3/t20-,21-,22+/m0/s1. The summed E-state index contributed by atoms with van der Waals surface area (Å²) in [5, 5.41) is 0.549. The molecule has 0 saturated carbocycles. The highest BCUT2D eigenvalue weighted by Crippen LogP contribution is 2.60. The first kappa shape index (κ1) is 22.0. The predicted octanol–water partition coefficient (Wildman–Crippen LogP) is 5.00. The Kier molecular flexibility index (Phi) is 4.72. The number of carbonyl (C=O) groups is 4. The lowest BCUT2D eigenvalue weighted by molar-refractivity contribution is -0.154. The second-order valence-electron chi connectivity index (χ2n) is 9.04. The molecule has 0 bridgehead atoms.